The maximum Gasteiger partial charge on any atom is 0.132 e. The number of aliphatic hydroxyl groups excluding tert-OH is 1. The van der Waals surface area contributed by atoms with E-state index in [1.54, 1.807) is 0 Å². The highest BCUT2D eigenvalue weighted by Crippen LogP contribution is 2.37. The highest BCUT2D eigenvalue weighted by molar-refractivity contribution is 5.20. The number of aryl methyl sites for hydroxylation is 1. The van der Waals surface area contributed by atoms with Gasteiger partial charge in [-0.15, -0.1) is 0 Å². The molecule has 1 fully saturated rings. The maximum atomic E-state index is 8.95. The first-order chi connectivity index (χ1) is 6.35. The quantitative estimate of drug-likeness (QED) is 0.744. The van der Waals surface area contributed by atoms with Crippen molar-refractivity contribution < 1.29 is 5.11 Å². The molecule has 1 heterocycles. The third kappa shape index (κ3) is 1.48. The molecule has 0 unspecified atom stereocenters. The van der Waals surface area contributed by atoms with Gasteiger partial charge < -0.3 is 10.1 Å². The molecule has 1 aromatic rings. The molecule has 1 aliphatic rings. The number of aliphatic hydroxyl groups is 1. The topological polar surface area (TPSA) is 48.9 Å². The number of nitrogens with zero attached hydrogens (tertiary/aromatic N) is 1. The molecule has 0 spiro atoms. The number of hydrogen-bond acceptors (Lipinski definition) is 2. The lowest BCUT2D eigenvalue weighted by atomic mass is 9.82. The Balaban J connectivity index is 2.25. The van der Waals surface area contributed by atoms with Gasteiger partial charge in [-0.05, 0) is 19.3 Å². The van der Waals surface area contributed by atoms with Crippen molar-refractivity contribution in [1.29, 1.82) is 0 Å². The molecule has 2 N–H and O–H groups in total. The van der Waals surface area contributed by atoms with Crippen LogP contribution in [0.3, 0.4) is 0 Å². The molecular formula is C10H16N2O. The van der Waals surface area contributed by atoms with Gasteiger partial charge in [-0.25, -0.2) is 4.98 Å². The van der Waals surface area contributed by atoms with Gasteiger partial charge in [0.1, 0.15) is 12.4 Å². The summed E-state index contributed by atoms with van der Waals surface area (Å²) in [6, 6.07) is 0. The summed E-state index contributed by atoms with van der Waals surface area (Å²) in [6.45, 7) is 2.15. The smallest absolute Gasteiger partial charge is 0.132 e. The summed E-state index contributed by atoms with van der Waals surface area (Å²) in [5.41, 5.74) is 2.42. The van der Waals surface area contributed by atoms with Crippen LogP contribution in [0, 0.1) is 0 Å². The summed E-state index contributed by atoms with van der Waals surface area (Å²) < 4.78 is 0. The van der Waals surface area contributed by atoms with Crippen molar-refractivity contribution in [3.63, 3.8) is 0 Å². The van der Waals surface area contributed by atoms with Crippen molar-refractivity contribution in [3.05, 3.63) is 17.2 Å². The summed E-state index contributed by atoms with van der Waals surface area (Å²) in [7, 11) is 0. The van der Waals surface area contributed by atoms with Gasteiger partial charge in [0.15, 0.2) is 0 Å². The van der Waals surface area contributed by atoms with Crippen LogP contribution < -0.4 is 0 Å². The molecule has 0 saturated heterocycles. The second-order valence-electron chi connectivity index (χ2n) is 3.69. The van der Waals surface area contributed by atoms with Crippen LogP contribution in [-0.2, 0) is 13.0 Å². The fourth-order valence-electron chi connectivity index (χ4n) is 1.84. The monoisotopic (exact) mass is 180 g/mol. The SMILES string of the molecule is CCc1[nH]c(CO)nc1C1CCC1. The third-order valence-electron chi connectivity index (χ3n) is 2.85. The summed E-state index contributed by atoms with van der Waals surface area (Å²) >= 11 is 0. The van der Waals surface area contributed by atoms with E-state index in [9.17, 15) is 0 Å². The second-order valence-corrected chi connectivity index (χ2v) is 3.69. The zero-order valence-electron chi connectivity index (χ0n) is 8.01. The zero-order valence-corrected chi connectivity index (χ0v) is 8.01. The molecule has 0 bridgehead atoms. The highest BCUT2D eigenvalue weighted by Gasteiger charge is 2.24. The van der Waals surface area contributed by atoms with E-state index in [1.807, 2.05) is 0 Å². The van der Waals surface area contributed by atoms with Gasteiger partial charge in [0, 0.05) is 11.6 Å². The van der Waals surface area contributed by atoms with Crippen LogP contribution in [0.15, 0.2) is 0 Å². The summed E-state index contributed by atoms with van der Waals surface area (Å²) in [5, 5.41) is 8.95. The number of rotatable bonds is 3. The van der Waals surface area contributed by atoms with Crippen molar-refractivity contribution in [2.24, 2.45) is 0 Å². The molecule has 1 saturated carbocycles. The van der Waals surface area contributed by atoms with Gasteiger partial charge in [0.2, 0.25) is 0 Å². The number of hydrogen-bond donors (Lipinski definition) is 2. The molecule has 0 aromatic carbocycles. The first kappa shape index (κ1) is 8.75. The number of nitrogens with one attached hydrogen (secondary N) is 1. The second kappa shape index (κ2) is 3.50. The molecule has 3 nitrogen and oxygen atoms in total. The number of aromatic nitrogens is 2. The Morgan fingerprint density at radius 3 is 2.77 bits per heavy atom. The van der Waals surface area contributed by atoms with E-state index in [0.717, 1.165) is 12.2 Å². The van der Waals surface area contributed by atoms with E-state index in [2.05, 4.69) is 16.9 Å². The van der Waals surface area contributed by atoms with Crippen LogP contribution in [0.2, 0.25) is 0 Å². The van der Waals surface area contributed by atoms with E-state index in [4.69, 9.17) is 5.11 Å². The fraction of sp³-hybridized carbons (Fsp3) is 0.700. The normalized spacial score (nSPS) is 17.4. The van der Waals surface area contributed by atoms with Crippen molar-refractivity contribution in [2.45, 2.75) is 45.1 Å². The Kier molecular flexibility index (Phi) is 2.36. The summed E-state index contributed by atoms with van der Waals surface area (Å²) in [5.74, 6) is 1.38. The minimum absolute atomic E-state index is 0.0275. The lowest BCUT2D eigenvalue weighted by molar-refractivity contribution is 0.272. The standard InChI is InChI=1S/C10H16N2O/c1-2-8-10(7-4-3-5-7)12-9(6-13)11-8/h7,13H,2-6H2,1H3,(H,11,12). The van der Waals surface area contributed by atoms with Crippen LogP contribution in [0.5, 0.6) is 0 Å². The zero-order chi connectivity index (χ0) is 9.26. The minimum atomic E-state index is 0.0275. The third-order valence-corrected chi connectivity index (χ3v) is 2.85. The lowest BCUT2D eigenvalue weighted by Crippen LogP contribution is -2.11. The molecule has 0 atom stereocenters. The van der Waals surface area contributed by atoms with Crippen molar-refractivity contribution >= 4 is 0 Å². The molecule has 0 aliphatic heterocycles. The largest absolute Gasteiger partial charge is 0.388 e. The molecule has 0 amide bonds. The Morgan fingerprint density at radius 2 is 2.31 bits per heavy atom. The van der Waals surface area contributed by atoms with E-state index in [-0.39, 0.29) is 6.61 Å². The Morgan fingerprint density at radius 1 is 1.54 bits per heavy atom. The van der Waals surface area contributed by atoms with E-state index < -0.39 is 0 Å². The van der Waals surface area contributed by atoms with Gasteiger partial charge in [0.25, 0.3) is 0 Å². The molecule has 3 heteroatoms. The fourth-order valence-corrected chi connectivity index (χ4v) is 1.84. The summed E-state index contributed by atoms with van der Waals surface area (Å²) in [6.07, 6.45) is 4.85. The van der Waals surface area contributed by atoms with Gasteiger partial charge in [-0.2, -0.15) is 0 Å². The lowest BCUT2D eigenvalue weighted by Gasteiger charge is -2.24. The number of imidazole rings is 1. The minimum Gasteiger partial charge on any atom is -0.388 e. The van der Waals surface area contributed by atoms with Gasteiger partial charge in [-0.1, -0.05) is 13.3 Å². The first-order valence-electron chi connectivity index (χ1n) is 5.03. The van der Waals surface area contributed by atoms with Gasteiger partial charge >= 0.3 is 0 Å². The molecule has 2 rings (SSSR count). The predicted octanol–water partition coefficient (Wildman–Crippen LogP) is 1.73. The Hall–Kier alpha value is -0.830. The summed E-state index contributed by atoms with van der Waals surface area (Å²) in [4.78, 5) is 7.59. The van der Waals surface area contributed by atoms with Crippen LogP contribution in [0.4, 0.5) is 0 Å². The van der Waals surface area contributed by atoms with Crippen LogP contribution in [0.25, 0.3) is 0 Å². The van der Waals surface area contributed by atoms with Gasteiger partial charge in [-0.3, -0.25) is 0 Å². The Labute approximate surface area is 78.2 Å². The average Bonchev–Trinajstić information content (AvgIpc) is 2.45. The van der Waals surface area contributed by atoms with Crippen LogP contribution in [0.1, 0.15) is 49.3 Å². The molecule has 72 valence electrons. The van der Waals surface area contributed by atoms with Crippen molar-refractivity contribution in [1.82, 2.24) is 9.97 Å². The molecule has 0 radical (unpaired) electrons. The van der Waals surface area contributed by atoms with Crippen molar-refractivity contribution in [2.75, 3.05) is 0 Å². The molecule has 1 aromatic heterocycles. The van der Waals surface area contributed by atoms with Crippen molar-refractivity contribution in [3.8, 4) is 0 Å². The molecule has 13 heavy (non-hydrogen) atoms. The molecule has 1 aliphatic carbocycles. The first-order valence-corrected chi connectivity index (χ1v) is 5.03. The Bertz CT molecular complexity index is 289. The van der Waals surface area contributed by atoms with E-state index in [1.165, 1.54) is 30.7 Å². The average molecular weight is 180 g/mol. The van der Waals surface area contributed by atoms with Crippen LogP contribution >= 0.6 is 0 Å². The van der Waals surface area contributed by atoms with E-state index in [0.29, 0.717) is 5.92 Å². The predicted molar refractivity (Wildman–Crippen MR) is 50.5 cm³/mol. The maximum absolute atomic E-state index is 8.95. The van der Waals surface area contributed by atoms with Crippen LogP contribution in [-0.4, -0.2) is 15.1 Å². The highest BCUT2D eigenvalue weighted by atomic mass is 16.3. The number of aromatic amines is 1. The van der Waals surface area contributed by atoms with Gasteiger partial charge in [0.05, 0.1) is 5.69 Å². The molecular weight excluding hydrogens is 164 g/mol. The number of H-pyrrole nitrogens is 1. The van der Waals surface area contributed by atoms with E-state index >= 15 is 0 Å².